The van der Waals surface area contributed by atoms with Crippen molar-refractivity contribution in [1.82, 2.24) is 0 Å². The van der Waals surface area contributed by atoms with E-state index in [9.17, 15) is 5.11 Å². The topological polar surface area (TPSA) is 46.2 Å². The van der Waals surface area contributed by atoms with Gasteiger partial charge in [0.25, 0.3) is 0 Å². The lowest BCUT2D eigenvalue weighted by Crippen LogP contribution is -2.47. The first-order valence-electron chi connectivity index (χ1n) is 6.67. The van der Waals surface area contributed by atoms with Crippen molar-refractivity contribution in [3.63, 3.8) is 0 Å². The van der Waals surface area contributed by atoms with Crippen molar-refractivity contribution < 1.29 is 5.11 Å². The second-order valence-electron chi connectivity index (χ2n) is 6.56. The van der Waals surface area contributed by atoms with Crippen molar-refractivity contribution in [3.05, 3.63) is 12.7 Å². The molecular formula is C14H23NO. The third-order valence-electron chi connectivity index (χ3n) is 5.42. The van der Waals surface area contributed by atoms with E-state index in [1.807, 2.05) is 6.08 Å². The van der Waals surface area contributed by atoms with Crippen LogP contribution in [0.25, 0.3) is 0 Å². The highest BCUT2D eigenvalue weighted by atomic mass is 16.3. The summed E-state index contributed by atoms with van der Waals surface area (Å²) in [6.07, 6.45) is 9.35. The summed E-state index contributed by atoms with van der Waals surface area (Å²) < 4.78 is 0. The second-order valence-corrected chi connectivity index (χ2v) is 6.56. The highest BCUT2D eigenvalue weighted by Gasteiger charge is 2.55. The molecule has 3 saturated carbocycles. The fourth-order valence-electron chi connectivity index (χ4n) is 4.82. The Kier molecular flexibility index (Phi) is 2.25. The summed E-state index contributed by atoms with van der Waals surface area (Å²) in [5, 5.41) is 10.6. The van der Waals surface area contributed by atoms with Crippen molar-refractivity contribution in [3.8, 4) is 0 Å². The second kappa shape index (κ2) is 3.33. The van der Waals surface area contributed by atoms with Crippen molar-refractivity contribution >= 4 is 0 Å². The van der Waals surface area contributed by atoms with Gasteiger partial charge in [0, 0.05) is 5.54 Å². The Balaban J connectivity index is 1.94. The molecule has 3 aliphatic carbocycles. The van der Waals surface area contributed by atoms with E-state index in [0.29, 0.717) is 11.8 Å². The van der Waals surface area contributed by atoms with Gasteiger partial charge in [-0.3, -0.25) is 0 Å². The van der Waals surface area contributed by atoms with Gasteiger partial charge in [-0.05, 0) is 62.7 Å². The lowest BCUT2D eigenvalue weighted by molar-refractivity contribution is -0.0253. The molecule has 3 aliphatic rings. The molecule has 90 valence electrons. The molecular weight excluding hydrogens is 198 g/mol. The predicted molar refractivity (Wildman–Crippen MR) is 64.9 cm³/mol. The largest absolute Gasteiger partial charge is 0.390 e. The lowest BCUT2D eigenvalue weighted by atomic mass is 9.74. The van der Waals surface area contributed by atoms with Crippen LogP contribution < -0.4 is 5.73 Å². The molecule has 3 rings (SSSR count). The first-order valence-corrected chi connectivity index (χ1v) is 6.67. The van der Waals surface area contributed by atoms with Gasteiger partial charge in [-0.15, -0.1) is 6.58 Å². The van der Waals surface area contributed by atoms with Crippen LogP contribution in [-0.2, 0) is 0 Å². The van der Waals surface area contributed by atoms with E-state index >= 15 is 0 Å². The standard InChI is InChI=1S/C14H23NO/c1-2-3-14(15)5-4-13(16)8-10-6-11(9-13)12(14)7-10/h2,10-12,16H,1,3-9,15H2. The smallest absolute Gasteiger partial charge is 0.0654 e. The minimum absolute atomic E-state index is 0.0773. The Morgan fingerprint density at radius 2 is 2.12 bits per heavy atom. The average molecular weight is 221 g/mol. The van der Waals surface area contributed by atoms with Gasteiger partial charge in [-0.2, -0.15) is 0 Å². The normalized spacial score (nSPS) is 55.0. The van der Waals surface area contributed by atoms with E-state index in [1.165, 1.54) is 12.8 Å². The maximum atomic E-state index is 10.6. The van der Waals surface area contributed by atoms with Crippen molar-refractivity contribution in [2.24, 2.45) is 23.5 Å². The SMILES string of the molecule is C=CCC1(N)CCC2(O)CC3CC(C2)C1C3. The lowest BCUT2D eigenvalue weighted by Gasteiger charge is -2.37. The summed E-state index contributed by atoms with van der Waals surface area (Å²) in [5.41, 5.74) is 6.15. The van der Waals surface area contributed by atoms with Crippen LogP contribution in [0.4, 0.5) is 0 Å². The molecule has 3 bridgehead atoms. The van der Waals surface area contributed by atoms with Crippen LogP contribution in [0.2, 0.25) is 0 Å². The molecule has 0 aromatic heterocycles. The minimum atomic E-state index is -0.384. The van der Waals surface area contributed by atoms with Crippen LogP contribution in [0.5, 0.6) is 0 Å². The molecule has 0 aromatic rings. The molecule has 0 amide bonds. The van der Waals surface area contributed by atoms with Gasteiger partial charge < -0.3 is 10.8 Å². The monoisotopic (exact) mass is 221 g/mol. The van der Waals surface area contributed by atoms with Crippen LogP contribution >= 0.6 is 0 Å². The van der Waals surface area contributed by atoms with Gasteiger partial charge in [-0.1, -0.05) is 6.08 Å². The number of hydrogen-bond donors (Lipinski definition) is 2. The molecule has 0 aromatic carbocycles. The molecule has 16 heavy (non-hydrogen) atoms. The van der Waals surface area contributed by atoms with E-state index in [4.69, 9.17) is 5.73 Å². The van der Waals surface area contributed by atoms with E-state index in [0.717, 1.165) is 38.0 Å². The first-order chi connectivity index (χ1) is 7.55. The van der Waals surface area contributed by atoms with Crippen LogP contribution in [0.3, 0.4) is 0 Å². The van der Waals surface area contributed by atoms with Crippen LogP contribution in [0.1, 0.15) is 44.9 Å². The summed E-state index contributed by atoms with van der Waals surface area (Å²) in [4.78, 5) is 0. The molecule has 0 aliphatic heterocycles. The molecule has 2 heteroatoms. The molecule has 0 spiro atoms. The van der Waals surface area contributed by atoms with Crippen molar-refractivity contribution in [2.45, 2.75) is 56.1 Å². The van der Waals surface area contributed by atoms with Crippen molar-refractivity contribution in [2.75, 3.05) is 0 Å². The maximum Gasteiger partial charge on any atom is 0.0654 e. The fraction of sp³-hybridized carbons (Fsp3) is 0.857. The molecule has 0 saturated heterocycles. The van der Waals surface area contributed by atoms with Gasteiger partial charge in [0.15, 0.2) is 0 Å². The third-order valence-corrected chi connectivity index (χ3v) is 5.42. The van der Waals surface area contributed by atoms with Crippen LogP contribution in [0.15, 0.2) is 12.7 Å². The molecule has 0 heterocycles. The summed E-state index contributed by atoms with van der Waals surface area (Å²) in [6.45, 7) is 3.85. The van der Waals surface area contributed by atoms with E-state index in [-0.39, 0.29) is 11.1 Å². The van der Waals surface area contributed by atoms with E-state index < -0.39 is 0 Å². The highest BCUT2D eigenvalue weighted by molar-refractivity contribution is 5.11. The van der Waals surface area contributed by atoms with Gasteiger partial charge in [-0.25, -0.2) is 0 Å². The Bertz CT molecular complexity index is 316. The third kappa shape index (κ3) is 1.46. The van der Waals surface area contributed by atoms with Crippen LogP contribution in [0, 0.1) is 17.8 Å². The van der Waals surface area contributed by atoms with Gasteiger partial charge in [0.05, 0.1) is 5.60 Å². The van der Waals surface area contributed by atoms with Gasteiger partial charge in [0.2, 0.25) is 0 Å². The molecule has 5 atom stereocenters. The summed E-state index contributed by atoms with van der Waals surface area (Å²) >= 11 is 0. The van der Waals surface area contributed by atoms with E-state index in [2.05, 4.69) is 6.58 Å². The number of aliphatic hydroxyl groups is 1. The molecule has 3 N–H and O–H groups in total. The number of hydrogen-bond acceptors (Lipinski definition) is 2. The fourth-order valence-corrected chi connectivity index (χ4v) is 4.82. The summed E-state index contributed by atoms with van der Waals surface area (Å²) in [7, 11) is 0. The van der Waals surface area contributed by atoms with Crippen molar-refractivity contribution in [1.29, 1.82) is 0 Å². The zero-order valence-corrected chi connectivity index (χ0v) is 9.99. The highest BCUT2D eigenvalue weighted by Crippen LogP contribution is 2.57. The summed E-state index contributed by atoms with van der Waals surface area (Å²) in [6, 6.07) is 0. The van der Waals surface area contributed by atoms with Gasteiger partial charge >= 0.3 is 0 Å². The molecule has 3 fully saturated rings. The van der Waals surface area contributed by atoms with E-state index in [1.54, 1.807) is 0 Å². The summed E-state index contributed by atoms with van der Waals surface area (Å²) in [5.74, 6) is 2.05. The minimum Gasteiger partial charge on any atom is -0.390 e. The zero-order chi connectivity index (χ0) is 11.4. The molecule has 5 unspecified atom stereocenters. The Hall–Kier alpha value is -0.340. The number of fused-ring (bicyclic) bond motifs is 2. The number of nitrogens with two attached hydrogens (primary N) is 1. The molecule has 2 nitrogen and oxygen atoms in total. The van der Waals surface area contributed by atoms with Gasteiger partial charge in [0.1, 0.15) is 0 Å². The van der Waals surface area contributed by atoms with Crippen LogP contribution in [-0.4, -0.2) is 16.2 Å². The average Bonchev–Trinajstić information content (AvgIpc) is 2.49. The number of rotatable bonds is 2. The Morgan fingerprint density at radius 3 is 2.88 bits per heavy atom. The first kappa shape index (κ1) is 10.8. The zero-order valence-electron chi connectivity index (χ0n) is 9.99. The Labute approximate surface area is 97.9 Å². The maximum absolute atomic E-state index is 10.6. The molecule has 0 radical (unpaired) electrons. The predicted octanol–water partition coefficient (Wildman–Crippen LogP) is 2.22. The quantitative estimate of drug-likeness (QED) is 0.702. The Morgan fingerprint density at radius 1 is 1.31 bits per heavy atom.